The van der Waals surface area contributed by atoms with Gasteiger partial charge in [0.25, 0.3) is 0 Å². The van der Waals surface area contributed by atoms with E-state index >= 15 is 0 Å². The second-order valence-electron chi connectivity index (χ2n) is 4.74. The lowest BCUT2D eigenvalue weighted by Gasteiger charge is -2.13. The Bertz CT molecular complexity index is 662. The summed E-state index contributed by atoms with van der Waals surface area (Å²) in [6.45, 7) is 0.618. The number of carboxylic acid groups (broad SMARTS) is 1. The van der Waals surface area contributed by atoms with E-state index in [2.05, 4.69) is 10.3 Å². The summed E-state index contributed by atoms with van der Waals surface area (Å²) >= 11 is 0. The third-order valence-electron chi connectivity index (χ3n) is 3.44. The van der Waals surface area contributed by atoms with E-state index in [0.717, 1.165) is 12.8 Å². The van der Waals surface area contributed by atoms with Crippen LogP contribution in [-0.2, 0) is 4.74 Å². The number of nitrogens with zero attached hydrogens (tertiary/aromatic N) is 3. The van der Waals surface area contributed by atoms with Crippen molar-refractivity contribution in [1.29, 1.82) is 0 Å². The zero-order chi connectivity index (χ0) is 14.8. The van der Waals surface area contributed by atoms with Gasteiger partial charge in [0.15, 0.2) is 5.69 Å². The number of carboxylic acids is 1. The lowest BCUT2D eigenvalue weighted by molar-refractivity contribution is 0.0673. The molecule has 0 spiro atoms. The normalized spacial score (nSPS) is 17.9. The molecular weight excluding hydrogens is 274 g/mol. The van der Waals surface area contributed by atoms with Gasteiger partial charge in [0, 0.05) is 12.7 Å². The molecule has 7 heteroatoms. The second kappa shape index (κ2) is 5.53. The fourth-order valence-corrected chi connectivity index (χ4v) is 2.46. The first-order valence-corrected chi connectivity index (χ1v) is 6.65. The standard InChI is InChI=1S/C14H15N3O4/c1-20-10-5-2-4-9(8-10)17-13(11-6-3-7-21-11)12(14(18)19)15-16-17/h2,4-5,8,11H,3,6-7H2,1H3,(H,18,19). The van der Waals surface area contributed by atoms with Crippen molar-refractivity contribution in [3.8, 4) is 11.4 Å². The molecule has 1 fully saturated rings. The Labute approximate surface area is 121 Å². The Morgan fingerprint density at radius 3 is 3.05 bits per heavy atom. The van der Waals surface area contributed by atoms with Gasteiger partial charge in [-0.15, -0.1) is 5.10 Å². The van der Waals surface area contributed by atoms with E-state index in [0.29, 0.717) is 23.7 Å². The lowest BCUT2D eigenvalue weighted by Crippen LogP contribution is -2.11. The third kappa shape index (κ3) is 2.47. The van der Waals surface area contributed by atoms with Crippen molar-refractivity contribution in [1.82, 2.24) is 15.0 Å². The van der Waals surface area contributed by atoms with Gasteiger partial charge < -0.3 is 14.6 Å². The molecule has 1 saturated heterocycles. The highest BCUT2D eigenvalue weighted by atomic mass is 16.5. The van der Waals surface area contributed by atoms with Crippen molar-refractivity contribution in [3.63, 3.8) is 0 Å². The number of carbonyl (C=O) groups is 1. The molecule has 21 heavy (non-hydrogen) atoms. The van der Waals surface area contributed by atoms with Crippen LogP contribution in [-0.4, -0.2) is 39.8 Å². The maximum Gasteiger partial charge on any atom is 0.358 e. The van der Waals surface area contributed by atoms with E-state index in [4.69, 9.17) is 9.47 Å². The molecule has 0 amide bonds. The number of ether oxygens (including phenoxy) is 2. The molecule has 1 atom stereocenters. The number of aromatic carboxylic acids is 1. The quantitative estimate of drug-likeness (QED) is 0.924. The van der Waals surface area contributed by atoms with E-state index in [-0.39, 0.29) is 11.8 Å². The Balaban J connectivity index is 2.11. The Morgan fingerprint density at radius 2 is 2.38 bits per heavy atom. The summed E-state index contributed by atoms with van der Waals surface area (Å²) in [7, 11) is 1.57. The van der Waals surface area contributed by atoms with Crippen molar-refractivity contribution in [3.05, 3.63) is 35.7 Å². The third-order valence-corrected chi connectivity index (χ3v) is 3.44. The largest absolute Gasteiger partial charge is 0.497 e. The first-order valence-electron chi connectivity index (χ1n) is 6.65. The summed E-state index contributed by atoms with van der Waals surface area (Å²) in [4.78, 5) is 11.4. The SMILES string of the molecule is COc1cccc(-n2nnc(C(=O)O)c2C2CCCO2)c1. The van der Waals surface area contributed by atoms with Crippen LogP contribution >= 0.6 is 0 Å². The van der Waals surface area contributed by atoms with Crippen molar-refractivity contribution < 1.29 is 19.4 Å². The topological polar surface area (TPSA) is 86.5 Å². The molecule has 0 saturated carbocycles. The average molecular weight is 289 g/mol. The van der Waals surface area contributed by atoms with Crippen LogP contribution in [0.5, 0.6) is 5.75 Å². The maximum absolute atomic E-state index is 11.4. The zero-order valence-corrected chi connectivity index (χ0v) is 11.5. The van der Waals surface area contributed by atoms with Crippen molar-refractivity contribution in [2.45, 2.75) is 18.9 Å². The van der Waals surface area contributed by atoms with E-state index in [1.165, 1.54) is 4.68 Å². The Kier molecular flexibility index (Phi) is 3.57. The van der Waals surface area contributed by atoms with E-state index in [9.17, 15) is 9.90 Å². The van der Waals surface area contributed by atoms with Gasteiger partial charge in [-0.2, -0.15) is 0 Å². The molecule has 110 valence electrons. The lowest BCUT2D eigenvalue weighted by atomic mass is 10.1. The molecule has 1 aliphatic rings. The van der Waals surface area contributed by atoms with Gasteiger partial charge in [-0.05, 0) is 25.0 Å². The molecule has 1 unspecified atom stereocenters. The number of benzene rings is 1. The summed E-state index contributed by atoms with van der Waals surface area (Å²) in [6, 6.07) is 7.22. The number of methoxy groups -OCH3 is 1. The minimum atomic E-state index is -1.10. The number of hydrogen-bond donors (Lipinski definition) is 1. The van der Waals surface area contributed by atoms with Gasteiger partial charge in [-0.3, -0.25) is 0 Å². The Morgan fingerprint density at radius 1 is 1.52 bits per heavy atom. The van der Waals surface area contributed by atoms with Gasteiger partial charge in [-0.1, -0.05) is 11.3 Å². The average Bonchev–Trinajstić information content (AvgIpc) is 3.15. The number of rotatable bonds is 4. The Hall–Kier alpha value is -2.41. The smallest absolute Gasteiger partial charge is 0.358 e. The first kappa shape index (κ1) is 13.6. The molecule has 3 rings (SSSR count). The highest BCUT2D eigenvalue weighted by Crippen LogP contribution is 2.32. The monoisotopic (exact) mass is 289 g/mol. The van der Waals surface area contributed by atoms with Crippen LogP contribution in [0.1, 0.15) is 35.1 Å². The van der Waals surface area contributed by atoms with E-state index in [1.54, 1.807) is 13.2 Å². The predicted molar refractivity (Wildman–Crippen MR) is 72.8 cm³/mol. The van der Waals surface area contributed by atoms with Crippen LogP contribution in [0.2, 0.25) is 0 Å². The molecule has 0 bridgehead atoms. The number of aromatic nitrogens is 3. The van der Waals surface area contributed by atoms with Gasteiger partial charge in [-0.25, -0.2) is 9.48 Å². The molecule has 0 radical (unpaired) electrons. The van der Waals surface area contributed by atoms with Crippen LogP contribution in [0.15, 0.2) is 24.3 Å². The summed E-state index contributed by atoms with van der Waals surface area (Å²) < 4.78 is 12.3. The van der Waals surface area contributed by atoms with Gasteiger partial charge >= 0.3 is 5.97 Å². The summed E-state index contributed by atoms with van der Waals surface area (Å²) in [5, 5.41) is 17.1. The fraction of sp³-hybridized carbons (Fsp3) is 0.357. The van der Waals surface area contributed by atoms with E-state index in [1.807, 2.05) is 18.2 Å². The molecular formula is C14H15N3O4. The van der Waals surface area contributed by atoms with Gasteiger partial charge in [0.05, 0.1) is 12.8 Å². The minimum absolute atomic E-state index is 0.0651. The fourth-order valence-electron chi connectivity index (χ4n) is 2.46. The summed E-state index contributed by atoms with van der Waals surface area (Å²) in [5.74, 6) is -0.437. The predicted octanol–water partition coefficient (Wildman–Crippen LogP) is 1.83. The number of hydrogen-bond acceptors (Lipinski definition) is 5. The molecule has 0 aliphatic carbocycles. The summed E-state index contributed by atoms with van der Waals surface area (Å²) in [6.07, 6.45) is 1.36. The first-order chi connectivity index (χ1) is 10.2. The highest BCUT2D eigenvalue weighted by molar-refractivity contribution is 5.86. The molecule has 1 aromatic carbocycles. The van der Waals surface area contributed by atoms with Crippen LogP contribution in [0.4, 0.5) is 0 Å². The van der Waals surface area contributed by atoms with Gasteiger partial charge in [0.1, 0.15) is 17.5 Å². The van der Waals surface area contributed by atoms with Crippen LogP contribution < -0.4 is 4.74 Å². The van der Waals surface area contributed by atoms with Crippen molar-refractivity contribution >= 4 is 5.97 Å². The molecule has 1 aromatic heterocycles. The summed E-state index contributed by atoms with van der Waals surface area (Å²) in [5.41, 5.74) is 1.11. The molecule has 7 nitrogen and oxygen atoms in total. The highest BCUT2D eigenvalue weighted by Gasteiger charge is 2.30. The molecule has 1 N–H and O–H groups in total. The van der Waals surface area contributed by atoms with Gasteiger partial charge in [0.2, 0.25) is 0 Å². The molecule has 2 heterocycles. The second-order valence-corrected chi connectivity index (χ2v) is 4.74. The minimum Gasteiger partial charge on any atom is -0.497 e. The molecule has 2 aromatic rings. The van der Waals surface area contributed by atoms with Crippen LogP contribution in [0, 0.1) is 0 Å². The van der Waals surface area contributed by atoms with E-state index < -0.39 is 5.97 Å². The van der Waals surface area contributed by atoms with Crippen LogP contribution in [0.3, 0.4) is 0 Å². The zero-order valence-electron chi connectivity index (χ0n) is 11.5. The molecule has 1 aliphatic heterocycles. The van der Waals surface area contributed by atoms with Crippen molar-refractivity contribution in [2.24, 2.45) is 0 Å². The maximum atomic E-state index is 11.4. The van der Waals surface area contributed by atoms with Crippen LogP contribution in [0.25, 0.3) is 5.69 Å². The van der Waals surface area contributed by atoms with Crippen molar-refractivity contribution in [2.75, 3.05) is 13.7 Å².